The van der Waals surface area contributed by atoms with E-state index < -0.39 is 0 Å². The summed E-state index contributed by atoms with van der Waals surface area (Å²) in [5, 5.41) is 0. The smallest absolute Gasteiger partial charge is 0.144 e. The van der Waals surface area contributed by atoms with Crippen molar-refractivity contribution in [3.8, 4) is 28.6 Å². The van der Waals surface area contributed by atoms with Gasteiger partial charge in [-0.1, -0.05) is 36.9 Å². The predicted molar refractivity (Wildman–Crippen MR) is 128 cm³/mol. The molecule has 168 valence electrons. The molecule has 0 bridgehead atoms. The van der Waals surface area contributed by atoms with Gasteiger partial charge in [0.25, 0.3) is 0 Å². The molecule has 0 aliphatic rings. The molecule has 0 atom stereocenters. The van der Waals surface area contributed by atoms with Crippen LogP contribution in [-0.4, -0.2) is 44.1 Å². The van der Waals surface area contributed by atoms with E-state index in [4.69, 9.17) is 18.9 Å². The summed E-state index contributed by atoms with van der Waals surface area (Å²) in [4.78, 5) is 4.63. The van der Waals surface area contributed by atoms with Crippen LogP contribution in [0.4, 0.5) is 0 Å². The third kappa shape index (κ3) is 5.80. The van der Waals surface area contributed by atoms with Crippen LogP contribution in [0.15, 0.2) is 61.4 Å². The standard InChI is InChI=1S/C26H30N2O4/c1-5-16-32-22-11-8-20(9-12-22)7-10-21-18-23(30-3)19-24(31-4)25(21)26-27-13-15-28(26)14-6-17-29-2/h5,7-13,15,18-19H,1,6,14,16-17H2,2-4H3. The molecule has 0 radical (unpaired) electrons. The Morgan fingerprint density at radius 3 is 2.50 bits per heavy atom. The van der Waals surface area contributed by atoms with Crippen LogP contribution in [-0.2, 0) is 11.3 Å². The zero-order valence-corrected chi connectivity index (χ0v) is 18.9. The minimum Gasteiger partial charge on any atom is -0.497 e. The van der Waals surface area contributed by atoms with Crippen molar-refractivity contribution in [3.05, 3.63) is 72.6 Å². The SMILES string of the molecule is C=CCOc1ccc(C=Cc2cc(OC)cc(OC)c2-c2nccn2CCCOC)cc1. The molecule has 0 aliphatic carbocycles. The van der Waals surface area contributed by atoms with E-state index >= 15 is 0 Å². The molecule has 32 heavy (non-hydrogen) atoms. The molecule has 0 amide bonds. The van der Waals surface area contributed by atoms with Gasteiger partial charge in [-0.25, -0.2) is 4.98 Å². The highest BCUT2D eigenvalue weighted by Gasteiger charge is 2.17. The summed E-state index contributed by atoms with van der Waals surface area (Å²) in [5.41, 5.74) is 2.91. The molecule has 2 aromatic carbocycles. The second kappa shape index (κ2) is 11.8. The van der Waals surface area contributed by atoms with Crippen LogP contribution in [0.25, 0.3) is 23.5 Å². The first-order chi connectivity index (χ1) is 15.7. The van der Waals surface area contributed by atoms with E-state index in [1.165, 1.54) is 0 Å². The van der Waals surface area contributed by atoms with E-state index in [1.54, 1.807) is 33.6 Å². The fraction of sp³-hybridized carbons (Fsp3) is 0.269. The summed E-state index contributed by atoms with van der Waals surface area (Å²) in [5.74, 6) is 3.07. The van der Waals surface area contributed by atoms with Crippen molar-refractivity contribution in [3.63, 3.8) is 0 Å². The summed E-state index contributed by atoms with van der Waals surface area (Å²) < 4.78 is 24.1. The number of ether oxygens (including phenoxy) is 4. The van der Waals surface area contributed by atoms with Gasteiger partial charge in [0.2, 0.25) is 0 Å². The Morgan fingerprint density at radius 2 is 1.81 bits per heavy atom. The first-order valence-electron chi connectivity index (χ1n) is 10.5. The van der Waals surface area contributed by atoms with Crippen LogP contribution < -0.4 is 14.2 Å². The summed E-state index contributed by atoms with van der Waals surface area (Å²) in [6.07, 6.45) is 10.5. The first kappa shape index (κ1) is 23.2. The molecule has 0 N–H and O–H groups in total. The molecule has 0 saturated heterocycles. The average molecular weight is 435 g/mol. The first-order valence-corrected chi connectivity index (χ1v) is 10.5. The van der Waals surface area contributed by atoms with Gasteiger partial charge >= 0.3 is 0 Å². The largest absolute Gasteiger partial charge is 0.497 e. The Balaban J connectivity index is 1.97. The van der Waals surface area contributed by atoms with Crippen LogP contribution in [0.1, 0.15) is 17.5 Å². The Kier molecular flexibility index (Phi) is 8.52. The lowest BCUT2D eigenvalue weighted by molar-refractivity contribution is 0.190. The number of hydrogen-bond acceptors (Lipinski definition) is 5. The number of aromatic nitrogens is 2. The van der Waals surface area contributed by atoms with Crippen LogP contribution in [0, 0.1) is 0 Å². The zero-order valence-electron chi connectivity index (χ0n) is 18.9. The summed E-state index contributed by atoms with van der Waals surface area (Å²) in [6.45, 7) is 5.65. The number of hydrogen-bond donors (Lipinski definition) is 0. The molecule has 0 aliphatic heterocycles. The van der Waals surface area contributed by atoms with E-state index in [9.17, 15) is 0 Å². The van der Waals surface area contributed by atoms with E-state index in [0.717, 1.165) is 47.0 Å². The molecular formula is C26H30N2O4. The molecule has 6 nitrogen and oxygen atoms in total. The van der Waals surface area contributed by atoms with Gasteiger partial charge in [-0.3, -0.25) is 0 Å². The maximum Gasteiger partial charge on any atom is 0.144 e. The lowest BCUT2D eigenvalue weighted by atomic mass is 10.0. The summed E-state index contributed by atoms with van der Waals surface area (Å²) in [6, 6.07) is 11.8. The fourth-order valence-corrected chi connectivity index (χ4v) is 3.37. The topological polar surface area (TPSA) is 54.7 Å². The van der Waals surface area contributed by atoms with Crippen molar-refractivity contribution in [2.75, 3.05) is 34.5 Å². The second-order valence-corrected chi connectivity index (χ2v) is 7.09. The van der Waals surface area contributed by atoms with Gasteiger partial charge in [0.05, 0.1) is 19.8 Å². The van der Waals surface area contributed by atoms with E-state index in [1.807, 2.05) is 54.7 Å². The normalized spacial score (nSPS) is 11.0. The molecule has 0 fully saturated rings. The minimum absolute atomic E-state index is 0.485. The van der Waals surface area contributed by atoms with Crippen LogP contribution in [0.5, 0.6) is 17.2 Å². The van der Waals surface area contributed by atoms with Crippen molar-refractivity contribution < 1.29 is 18.9 Å². The highest BCUT2D eigenvalue weighted by atomic mass is 16.5. The molecule has 0 spiro atoms. The van der Waals surface area contributed by atoms with Crippen molar-refractivity contribution in [1.82, 2.24) is 9.55 Å². The van der Waals surface area contributed by atoms with Crippen LogP contribution in [0.2, 0.25) is 0 Å². The number of methoxy groups -OCH3 is 3. The maximum atomic E-state index is 5.72. The van der Waals surface area contributed by atoms with Crippen LogP contribution >= 0.6 is 0 Å². The summed E-state index contributed by atoms with van der Waals surface area (Å²) in [7, 11) is 5.02. The molecule has 6 heteroatoms. The average Bonchev–Trinajstić information content (AvgIpc) is 3.29. The lowest BCUT2D eigenvalue weighted by Gasteiger charge is -2.15. The van der Waals surface area contributed by atoms with E-state index in [0.29, 0.717) is 19.0 Å². The Hall–Kier alpha value is -3.51. The van der Waals surface area contributed by atoms with Gasteiger partial charge < -0.3 is 23.5 Å². The lowest BCUT2D eigenvalue weighted by Crippen LogP contribution is -2.04. The number of imidazole rings is 1. The van der Waals surface area contributed by atoms with Crippen molar-refractivity contribution in [1.29, 1.82) is 0 Å². The molecule has 0 saturated carbocycles. The fourth-order valence-electron chi connectivity index (χ4n) is 3.37. The quantitative estimate of drug-likeness (QED) is 0.219. The zero-order chi connectivity index (χ0) is 22.8. The monoisotopic (exact) mass is 434 g/mol. The third-order valence-electron chi connectivity index (χ3n) is 4.95. The van der Waals surface area contributed by atoms with Gasteiger partial charge in [-0.05, 0) is 35.7 Å². The van der Waals surface area contributed by atoms with E-state index in [-0.39, 0.29) is 0 Å². The predicted octanol–water partition coefficient (Wildman–Crippen LogP) is 5.34. The number of aryl methyl sites for hydroxylation is 1. The Labute approximate surface area is 189 Å². The number of benzene rings is 2. The van der Waals surface area contributed by atoms with Crippen molar-refractivity contribution in [2.45, 2.75) is 13.0 Å². The second-order valence-electron chi connectivity index (χ2n) is 7.09. The Morgan fingerprint density at radius 1 is 1.00 bits per heavy atom. The van der Waals surface area contributed by atoms with Gasteiger partial charge in [0.1, 0.15) is 29.7 Å². The van der Waals surface area contributed by atoms with Crippen molar-refractivity contribution in [2.24, 2.45) is 0 Å². The minimum atomic E-state index is 0.485. The molecule has 1 aromatic heterocycles. The highest BCUT2D eigenvalue weighted by molar-refractivity contribution is 5.83. The third-order valence-corrected chi connectivity index (χ3v) is 4.95. The highest BCUT2D eigenvalue weighted by Crippen LogP contribution is 2.37. The van der Waals surface area contributed by atoms with Gasteiger partial charge in [-0.15, -0.1) is 0 Å². The van der Waals surface area contributed by atoms with Gasteiger partial charge in [-0.2, -0.15) is 0 Å². The molecule has 1 heterocycles. The van der Waals surface area contributed by atoms with Crippen molar-refractivity contribution >= 4 is 12.2 Å². The molecule has 0 unspecified atom stereocenters. The molecular weight excluding hydrogens is 404 g/mol. The maximum absolute atomic E-state index is 5.72. The molecule has 3 aromatic rings. The number of rotatable bonds is 12. The Bertz CT molecular complexity index is 1040. The summed E-state index contributed by atoms with van der Waals surface area (Å²) >= 11 is 0. The van der Waals surface area contributed by atoms with E-state index in [2.05, 4.69) is 16.1 Å². The molecule has 3 rings (SSSR count). The van der Waals surface area contributed by atoms with Gasteiger partial charge in [0, 0.05) is 38.7 Å². The van der Waals surface area contributed by atoms with Gasteiger partial charge in [0.15, 0.2) is 0 Å². The number of nitrogens with zero attached hydrogens (tertiary/aromatic N) is 2. The van der Waals surface area contributed by atoms with Crippen LogP contribution in [0.3, 0.4) is 0 Å².